The molecular weight excluding hydrogens is 243 g/mol. The quantitative estimate of drug-likeness (QED) is 0.823. The Hall–Kier alpha value is -2.10. The summed E-state index contributed by atoms with van der Waals surface area (Å²) in [5.41, 5.74) is 2.02. The first kappa shape index (κ1) is 13.3. The Morgan fingerprint density at radius 3 is 2.84 bits per heavy atom. The average Bonchev–Trinajstić information content (AvgIpc) is 2.90. The van der Waals surface area contributed by atoms with Crippen LogP contribution in [0, 0.1) is 5.82 Å². The predicted octanol–water partition coefficient (Wildman–Crippen LogP) is 2.45. The number of rotatable bonds is 6. The number of halogens is 1. The van der Waals surface area contributed by atoms with Crippen LogP contribution < -0.4 is 5.32 Å². The smallest absolute Gasteiger partial charge is 0.220 e. The molecule has 1 aromatic carbocycles. The molecule has 19 heavy (non-hydrogen) atoms. The van der Waals surface area contributed by atoms with Crippen LogP contribution in [0.5, 0.6) is 0 Å². The fourth-order valence-corrected chi connectivity index (χ4v) is 1.90. The van der Waals surface area contributed by atoms with Gasteiger partial charge >= 0.3 is 0 Å². The van der Waals surface area contributed by atoms with Gasteiger partial charge in [0.15, 0.2) is 0 Å². The summed E-state index contributed by atoms with van der Waals surface area (Å²) in [4.78, 5) is 14.6. The van der Waals surface area contributed by atoms with E-state index in [0.29, 0.717) is 19.4 Å². The van der Waals surface area contributed by atoms with Gasteiger partial charge in [-0.2, -0.15) is 0 Å². The summed E-state index contributed by atoms with van der Waals surface area (Å²) >= 11 is 0. The Labute approximate surface area is 111 Å². The summed E-state index contributed by atoms with van der Waals surface area (Å²) in [6.45, 7) is 0.625. The average molecular weight is 260 g/mol. The zero-order valence-electron chi connectivity index (χ0n) is 10.7. The number of H-pyrrole nitrogens is 1. The molecule has 0 atom stereocenters. The summed E-state index contributed by atoms with van der Waals surface area (Å²) in [6, 6.07) is 8.34. The van der Waals surface area contributed by atoms with Crippen molar-refractivity contribution in [2.24, 2.45) is 0 Å². The molecule has 2 rings (SSSR count). The van der Waals surface area contributed by atoms with Crippen LogP contribution in [0.4, 0.5) is 4.39 Å². The van der Waals surface area contributed by atoms with Gasteiger partial charge in [-0.05, 0) is 42.2 Å². The van der Waals surface area contributed by atoms with Gasteiger partial charge < -0.3 is 10.3 Å². The monoisotopic (exact) mass is 260 g/mol. The molecule has 2 aromatic rings. The largest absolute Gasteiger partial charge is 0.367 e. The second-order valence-electron chi connectivity index (χ2n) is 4.45. The van der Waals surface area contributed by atoms with Crippen LogP contribution in [-0.2, 0) is 17.6 Å². The van der Waals surface area contributed by atoms with Gasteiger partial charge in [0.2, 0.25) is 5.91 Å². The number of nitrogens with one attached hydrogen (secondary N) is 2. The highest BCUT2D eigenvalue weighted by Gasteiger charge is 2.03. The molecule has 0 aliphatic rings. The molecule has 0 radical (unpaired) electrons. The lowest BCUT2D eigenvalue weighted by Crippen LogP contribution is -2.25. The lowest BCUT2D eigenvalue weighted by Gasteiger charge is -2.04. The van der Waals surface area contributed by atoms with Crippen LogP contribution in [0.2, 0.25) is 0 Å². The minimum atomic E-state index is -0.259. The van der Waals surface area contributed by atoms with E-state index in [9.17, 15) is 9.18 Å². The summed E-state index contributed by atoms with van der Waals surface area (Å²) in [6.07, 6.45) is 5.54. The maximum absolute atomic E-state index is 12.9. The molecule has 0 bridgehead atoms. The van der Waals surface area contributed by atoms with Crippen molar-refractivity contribution in [1.29, 1.82) is 0 Å². The van der Waals surface area contributed by atoms with Crippen molar-refractivity contribution in [2.45, 2.75) is 19.3 Å². The molecule has 0 aliphatic carbocycles. The first-order chi connectivity index (χ1) is 9.24. The normalized spacial score (nSPS) is 10.4. The first-order valence-corrected chi connectivity index (χ1v) is 6.37. The summed E-state index contributed by atoms with van der Waals surface area (Å²) in [5, 5.41) is 2.86. The fourth-order valence-electron chi connectivity index (χ4n) is 1.90. The molecule has 0 unspecified atom stereocenters. The molecule has 1 aromatic heterocycles. The molecule has 0 spiro atoms. The number of amides is 1. The summed E-state index contributed by atoms with van der Waals surface area (Å²) in [5.74, 6) is -0.259. The van der Waals surface area contributed by atoms with Crippen molar-refractivity contribution >= 4 is 5.91 Å². The van der Waals surface area contributed by atoms with Gasteiger partial charge in [-0.3, -0.25) is 4.79 Å². The maximum atomic E-state index is 12.9. The van der Waals surface area contributed by atoms with E-state index in [4.69, 9.17) is 0 Å². The fraction of sp³-hybridized carbons (Fsp3) is 0.267. The van der Waals surface area contributed by atoms with Crippen LogP contribution in [0.15, 0.2) is 42.7 Å². The molecule has 3 nitrogen and oxygen atoms in total. The van der Waals surface area contributed by atoms with Crippen LogP contribution in [0.25, 0.3) is 0 Å². The van der Waals surface area contributed by atoms with Crippen LogP contribution in [0.1, 0.15) is 17.5 Å². The molecule has 0 fully saturated rings. The van der Waals surface area contributed by atoms with E-state index < -0.39 is 0 Å². The van der Waals surface area contributed by atoms with E-state index in [-0.39, 0.29) is 11.7 Å². The molecule has 1 heterocycles. The number of carbonyl (C=O) groups excluding carboxylic acids is 1. The van der Waals surface area contributed by atoms with E-state index in [2.05, 4.69) is 10.3 Å². The van der Waals surface area contributed by atoms with Crippen molar-refractivity contribution in [3.8, 4) is 0 Å². The summed E-state index contributed by atoms with van der Waals surface area (Å²) < 4.78 is 12.9. The van der Waals surface area contributed by atoms with Crippen LogP contribution >= 0.6 is 0 Å². The molecule has 100 valence electrons. The number of benzene rings is 1. The number of aryl methyl sites for hydroxylation is 1. The Balaban J connectivity index is 1.67. The molecule has 0 saturated carbocycles. The minimum Gasteiger partial charge on any atom is -0.367 e. The third-order valence-corrected chi connectivity index (χ3v) is 2.93. The number of hydrogen-bond acceptors (Lipinski definition) is 1. The van der Waals surface area contributed by atoms with Gasteiger partial charge in [0.1, 0.15) is 5.82 Å². The van der Waals surface area contributed by atoms with Crippen molar-refractivity contribution < 1.29 is 9.18 Å². The van der Waals surface area contributed by atoms with Crippen molar-refractivity contribution in [3.05, 3.63) is 59.7 Å². The van der Waals surface area contributed by atoms with E-state index >= 15 is 0 Å². The Morgan fingerprint density at radius 2 is 2.11 bits per heavy atom. The van der Waals surface area contributed by atoms with Gasteiger partial charge in [-0.25, -0.2) is 4.39 Å². The zero-order valence-corrected chi connectivity index (χ0v) is 10.7. The third-order valence-electron chi connectivity index (χ3n) is 2.93. The highest BCUT2D eigenvalue weighted by molar-refractivity contribution is 5.76. The zero-order chi connectivity index (χ0) is 13.5. The van der Waals surface area contributed by atoms with Gasteiger partial charge in [-0.15, -0.1) is 0 Å². The molecular formula is C15H17FN2O. The number of carbonyl (C=O) groups is 1. The van der Waals surface area contributed by atoms with Crippen LogP contribution in [-0.4, -0.2) is 17.4 Å². The molecule has 2 N–H and O–H groups in total. The molecule has 0 aliphatic heterocycles. The van der Waals surface area contributed by atoms with Crippen LogP contribution in [0.3, 0.4) is 0 Å². The first-order valence-electron chi connectivity index (χ1n) is 6.37. The van der Waals surface area contributed by atoms with E-state index in [0.717, 1.165) is 12.0 Å². The highest BCUT2D eigenvalue weighted by Crippen LogP contribution is 2.06. The van der Waals surface area contributed by atoms with Gasteiger partial charge in [-0.1, -0.05) is 12.1 Å². The van der Waals surface area contributed by atoms with Crippen molar-refractivity contribution in [3.63, 3.8) is 0 Å². The Kier molecular flexibility index (Phi) is 4.72. The van der Waals surface area contributed by atoms with Gasteiger partial charge in [0, 0.05) is 25.4 Å². The van der Waals surface area contributed by atoms with E-state index in [1.807, 2.05) is 24.5 Å². The molecule has 1 amide bonds. The minimum absolute atomic E-state index is 0.000188. The number of aromatic amines is 1. The van der Waals surface area contributed by atoms with Crippen molar-refractivity contribution in [1.82, 2.24) is 10.3 Å². The van der Waals surface area contributed by atoms with Gasteiger partial charge in [0.05, 0.1) is 0 Å². The highest BCUT2D eigenvalue weighted by atomic mass is 19.1. The lowest BCUT2D eigenvalue weighted by molar-refractivity contribution is -0.121. The van der Waals surface area contributed by atoms with E-state index in [1.54, 1.807) is 6.07 Å². The molecule has 0 saturated heterocycles. The Morgan fingerprint density at radius 1 is 1.21 bits per heavy atom. The topological polar surface area (TPSA) is 44.9 Å². The second-order valence-corrected chi connectivity index (χ2v) is 4.45. The molecule has 4 heteroatoms. The van der Waals surface area contributed by atoms with Crippen molar-refractivity contribution in [2.75, 3.05) is 6.54 Å². The second kappa shape index (κ2) is 6.73. The van der Waals surface area contributed by atoms with E-state index in [1.165, 1.54) is 17.7 Å². The standard InChI is InChI=1S/C15H17FN2O/c16-14-3-1-2-12(10-14)4-5-15(19)18-9-7-13-6-8-17-11-13/h1-3,6,8,10-11,17H,4-5,7,9H2,(H,18,19). The predicted molar refractivity (Wildman–Crippen MR) is 72.2 cm³/mol. The number of aromatic nitrogens is 1. The SMILES string of the molecule is O=C(CCc1cccc(F)c1)NCCc1cc[nH]c1. The van der Waals surface area contributed by atoms with Gasteiger partial charge in [0.25, 0.3) is 0 Å². The number of hydrogen-bond donors (Lipinski definition) is 2. The summed E-state index contributed by atoms with van der Waals surface area (Å²) in [7, 11) is 0. The third kappa shape index (κ3) is 4.58. The lowest BCUT2D eigenvalue weighted by atomic mass is 10.1. The maximum Gasteiger partial charge on any atom is 0.220 e. The Bertz CT molecular complexity index is 523.